The number of hydrogen-bond acceptors (Lipinski definition) is 3. The molecule has 2 aliphatic rings. The van der Waals surface area contributed by atoms with Crippen molar-refractivity contribution in [1.29, 1.82) is 0 Å². The highest BCUT2D eigenvalue weighted by Crippen LogP contribution is 2.41. The van der Waals surface area contributed by atoms with E-state index in [0.717, 1.165) is 25.7 Å². The van der Waals surface area contributed by atoms with Crippen LogP contribution in [0.4, 0.5) is 5.69 Å². The molecule has 0 aromatic heterocycles. The van der Waals surface area contributed by atoms with E-state index in [2.05, 4.69) is 11.9 Å². The molecular formula is C18H22N2O3. The van der Waals surface area contributed by atoms with Gasteiger partial charge in [0, 0.05) is 17.3 Å². The van der Waals surface area contributed by atoms with Crippen molar-refractivity contribution < 1.29 is 14.7 Å². The van der Waals surface area contributed by atoms with Crippen LogP contribution in [0.1, 0.15) is 36.0 Å². The molecule has 2 amide bonds. The summed E-state index contributed by atoms with van der Waals surface area (Å²) < 4.78 is 0. The minimum Gasteiger partial charge on any atom is -0.394 e. The largest absolute Gasteiger partial charge is 0.394 e. The van der Waals surface area contributed by atoms with E-state index in [1.165, 1.54) is 6.08 Å². The molecular weight excluding hydrogens is 292 g/mol. The third-order valence-corrected chi connectivity index (χ3v) is 4.95. The lowest BCUT2D eigenvalue weighted by Crippen LogP contribution is -2.42. The second kappa shape index (κ2) is 6.54. The molecule has 0 radical (unpaired) electrons. The van der Waals surface area contributed by atoms with Crippen molar-refractivity contribution in [3.8, 4) is 0 Å². The highest BCUT2D eigenvalue weighted by Gasteiger charge is 2.45. The van der Waals surface area contributed by atoms with E-state index in [1.54, 1.807) is 24.3 Å². The number of amides is 2. The first kappa shape index (κ1) is 15.7. The number of fused-ring (bicyclic) bond motifs is 1. The van der Waals surface area contributed by atoms with Gasteiger partial charge in [0.15, 0.2) is 0 Å². The summed E-state index contributed by atoms with van der Waals surface area (Å²) in [5.41, 5.74) is 1.11. The van der Waals surface area contributed by atoms with Gasteiger partial charge in [-0.1, -0.05) is 19.1 Å². The number of carbonyl (C=O) groups is 2. The van der Waals surface area contributed by atoms with Crippen LogP contribution in [-0.2, 0) is 4.79 Å². The lowest BCUT2D eigenvalue weighted by molar-refractivity contribution is -0.111. The first-order valence-electron chi connectivity index (χ1n) is 8.11. The molecule has 0 spiro atoms. The smallest absolute Gasteiger partial charge is 0.254 e. The number of nitrogens with one attached hydrogen (secondary N) is 1. The van der Waals surface area contributed by atoms with Gasteiger partial charge in [-0.2, -0.15) is 0 Å². The van der Waals surface area contributed by atoms with Gasteiger partial charge in [0.1, 0.15) is 0 Å². The molecule has 0 unspecified atom stereocenters. The fourth-order valence-corrected chi connectivity index (χ4v) is 3.94. The quantitative estimate of drug-likeness (QED) is 0.837. The van der Waals surface area contributed by atoms with Gasteiger partial charge in [0.25, 0.3) is 5.91 Å². The van der Waals surface area contributed by atoms with Crippen LogP contribution in [0.5, 0.6) is 0 Å². The summed E-state index contributed by atoms with van der Waals surface area (Å²) in [7, 11) is 0. The van der Waals surface area contributed by atoms with Crippen LogP contribution in [0, 0.1) is 5.92 Å². The SMILES string of the molecule is C=CC(=O)Nc1cccc(C(=O)N2[C@H](CO)C[C@@H]3CCC[C@@H]32)c1. The van der Waals surface area contributed by atoms with Gasteiger partial charge >= 0.3 is 0 Å². The highest BCUT2D eigenvalue weighted by atomic mass is 16.3. The molecule has 1 aromatic carbocycles. The van der Waals surface area contributed by atoms with E-state index in [0.29, 0.717) is 17.2 Å². The van der Waals surface area contributed by atoms with Gasteiger partial charge < -0.3 is 15.3 Å². The van der Waals surface area contributed by atoms with Gasteiger partial charge in [-0.25, -0.2) is 0 Å². The molecule has 122 valence electrons. The van der Waals surface area contributed by atoms with E-state index >= 15 is 0 Å². The zero-order valence-electron chi connectivity index (χ0n) is 13.1. The van der Waals surface area contributed by atoms with Crippen LogP contribution in [0.25, 0.3) is 0 Å². The molecule has 1 aliphatic heterocycles. The van der Waals surface area contributed by atoms with E-state index in [9.17, 15) is 14.7 Å². The number of nitrogens with zero attached hydrogens (tertiary/aromatic N) is 1. The zero-order chi connectivity index (χ0) is 16.4. The van der Waals surface area contributed by atoms with Crippen LogP contribution in [0.2, 0.25) is 0 Å². The molecule has 23 heavy (non-hydrogen) atoms. The fraction of sp³-hybridized carbons (Fsp3) is 0.444. The second-order valence-corrected chi connectivity index (χ2v) is 6.32. The lowest BCUT2D eigenvalue weighted by Gasteiger charge is -2.29. The van der Waals surface area contributed by atoms with Crippen LogP contribution in [-0.4, -0.2) is 40.5 Å². The van der Waals surface area contributed by atoms with E-state index < -0.39 is 0 Å². The number of hydrogen-bond donors (Lipinski definition) is 2. The molecule has 0 bridgehead atoms. The number of likely N-dealkylation sites (tertiary alicyclic amines) is 1. The Morgan fingerprint density at radius 3 is 2.96 bits per heavy atom. The van der Waals surface area contributed by atoms with Crippen molar-refractivity contribution in [3.05, 3.63) is 42.5 Å². The Morgan fingerprint density at radius 1 is 1.39 bits per heavy atom. The predicted molar refractivity (Wildman–Crippen MR) is 88.1 cm³/mol. The van der Waals surface area contributed by atoms with E-state index in [1.807, 2.05) is 4.90 Å². The summed E-state index contributed by atoms with van der Waals surface area (Å²) >= 11 is 0. The van der Waals surface area contributed by atoms with Crippen LogP contribution >= 0.6 is 0 Å². The van der Waals surface area contributed by atoms with Gasteiger partial charge in [-0.15, -0.1) is 0 Å². The number of aliphatic hydroxyl groups excluding tert-OH is 1. The number of rotatable bonds is 4. The van der Waals surface area contributed by atoms with Crippen LogP contribution in [0.3, 0.4) is 0 Å². The Balaban J connectivity index is 1.83. The van der Waals surface area contributed by atoms with Crippen molar-refractivity contribution in [3.63, 3.8) is 0 Å². The second-order valence-electron chi connectivity index (χ2n) is 6.32. The first-order valence-corrected chi connectivity index (χ1v) is 8.11. The van der Waals surface area contributed by atoms with Gasteiger partial charge in [-0.3, -0.25) is 9.59 Å². The molecule has 1 aliphatic carbocycles. The van der Waals surface area contributed by atoms with Crippen molar-refractivity contribution in [2.75, 3.05) is 11.9 Å². The molecule has 3 rings (SSSR count). The molecule has 1 aromatic rings. The highest BCUT2D eigenvalue weighted by molar-refractivity contribution is 6.01. The standard InChI is InChI=1S/C18H22N2O3/c1-2-17(22)19-14-7-3-6-13(9-14)18(23)20-15(11-21)10-12-5-4-8-16(12)20/h2-3,6-7,9,12,15-16,21H,1,4-5,8,10-11H2,(H,19,22)/t12-,15-,16-/m0/s1. The molecule has 1 saturated carbocycles. The van der Waals surface area contributed by atoms with Crippen LogP contribution < -0.4 is 5.32 Å². The number of anilines is 1. The van der Waals surface area contributed by atoms with Crippen molar-refractivity contribution >= 4 is 17.5 Å². The van der Waals surface area contributed by atoms with Gasteiger partial charge in [0.2, 0.25) is 5.91 Å². The van der Waals surface area contributed by atoms with Crippen molar-refractivity contribution in [2.45, 2.75) is 37.8 Å². The average Bonchev–Trinajstić information content (AvgIpc) is 3.14. The summed E-state index contributed by atoms with van der Waals surface area (Å²) in [6.07, 6.45) is 5.38. The first-order chi connectivity index (χ1) is 11.1. The van der Waals surface area contributed by atoms with Gasteiger partial charge in [-0.05, 0) is 49.5 Å². The maximum Gasteiger partial charge on any atom is 0.254 e. The monoisotopic (exact) mass is 314 g/mol. The van der Waals surface area contributed by atoms with E-state index in [-0.39, 0.29) is 30.5 Å². The molecule has 3 atom stereocenters. The number of aliphatic hydroxyl groups is 1. The Labute approximate surface area is 136 Å². The van der Waals surface area contributed by atoms with Crippen LogP contribution in [0.15, 0.2) is 36.9 Å². The average molecular weight is 314 g/mol. The lowest BCUT2D eigenvalue weighted by atomic mass is 10.0. The third-order valence-electron chi connectivity index (χ3n) is 4.95. The summed E-state index contributed by atoms with van der Waals surface area (Å²) in [6.45, 7) is 3.43. The Hall–Kier alpha value is -2.14. The topological polar surface area (TPSA) is 69.6 Å². The van der Waals surface area contributed by atoms with Crippen molar-refractivity contribution in [2.24, 2.45) is 5.92 Å². The summed E-state index contributed by atoms with van der Waals surface area (Å²) in [5, 5.41) is 12.3. The van der Waals surface area contributed by atoms with Crippen molar-refractivity contribution in [1.82, 2.24) is 4.90 Å². The maximum atomic E-state index is 12.9. The zero-order valence-corrected chi connectivity index (χ0v) is 13.1. The molecule has 5 heteroatoms. The molecule has 1 heterocycles. The minimum absolute atomic E-state index is 0.00559. The maximum absolute atomic E-state index is 12.9. The van der Waals surface area contributed by atoms with Gasteiger partial charge in [0.05, 0.1) is 12.6 Å². The summed E-state index contributed by atoms with van der Waals surface area (Å²) in [4.78, 5) is 26.2. The molecule has 5 nitrogen and oxygen atoms in total. The normalized spacial score (nSPS) is 26.0. The third kappa shape index (κ3) is 3.01. The minimum atomic E-state index is -0.306. The molecule has 1 saturated heterocycles. The van der Waals surface area contributed by atoms with E-state index in [4.69, 9.17) is 0 Å². The summed E-state index contributed by atoms with van der Waals surface area (Å²) in [5.74, 6) is 0.146. The molecule has 2 N–H and O–H groups in total. The number of benzene rings is 1. The Morgan fingerprint density at radius 2 is 2.22 bits per heavy atom. The predicted octanol–water partition coefficient (Wildman–Crippen LogP) is 2.19. The molecule has 2 fully saturated rings. The Bertz CT molecular complexity index is 628. The Kier molecular flexibility index (Phi) is 4.48. The fourth-order valence-electron chi connectivity index (χ4n) is 3.94. The summed E-state index contributed by atoms with van der Waals surface area (Å²) in [6, 6.07) is 7.07. The number of carbonyl (C=O) groups excluding carboxylic acids is 2.